The third-order valence-corrected chi connectivity index (χ3v) is 5.37. The Morgan fingerprint density at radius 3 is 2.48 bits per heavy atom. The molecule has 3 heteroatoms. The molecule has 3 nitrogen and oxygen atoms in total. The first-order chi connectivity index (χ1) is 13.2. The number of hydrogen-bond acceptors (Lipinski definition) is 2. The Labute approximate surface area is 162 Å². The maximum atomic E-state index is 5.59. The second-order valence-electron chi connectivity index (χ2n) is 7.34. The van der Waals surface area contributed by atoms with Crippen LogP contribution >= 0.6 is 0 Å². The highest BCUT2D eigenvalue weighted by Crippen LogP contribution is 2.33. The highest BCUT2D eigenvalue weighted by Gasteiger charge is 2.27. The minimum absolute atomic E-state index is 0.287. The van der Waals surface area contributed by atoms with Gasteiger partial charge in [0.25, 0.3) is 0 Å². The van der Waals surface area contributed by atoms with Crippen LogP contribution in [0.2, 0.25) is 0 Å². The first-order valence-electron chi connectivity index (χ1n) is 9.92. The van der Waals surface area contributed by atoms with Gasteiger partial charge in [-0.2, -0.15) is 0 Å². The zero-order valence-corrected chi connectivity index (χ0v) is 16.3. The highest BCUT2D eigenvalue weighted by atomic mass is 16.5. The maximum absolute atomic E-state index is 5.59. The van der Waals surface area contributed by atoms with Gasteiger partial charge in [-0.25, -0.2) is 0 Å². The van der Waals surface area contributed by atoms with Crippen molar-refractivity contribution in [3.63, 3.8) is 0 Å². The van der Waals surface area contributed by atoms with E-state index in [9.17, 15) is 0 Å². The van der Waals surface area contributed by atoms with E-state index in [-0.39, 0.29) is 6.04 Å². The van der Waals surface area contributed by atoms with Crippen molar-refractivity contribution < 1.29 is 4.74 Å². The Kier molecular flexibility index (Phi) is 5.30. The lowest BCUT2D eigenvalue weighted by Gasteiger charge is -2.31. The number of fused-ring (bicyclic) bond motifs is 1. The number of aryl methyl sites for hydroxylation is 2. The van der Waals surface area contributed by atoms with Crippen molar-refractivity contribution in [1.29, 1.82) is 0 Å². The van der Waals surface area contributed by atoms with E-state index in [1.807, 2.05) is 6.92 Å². The Morgan fingerprint density at radius 2 is 1.74 bits per heavy atom. The number of rotatable bonds is 5. The van der Waals surface area contributed by atoms with Crippen molar-refractivity contribution in [1.82, 2.24) is 9.47 Å². The summed E-state index contributed by atoms with van der Waals surface area (Å²) in [6.07, 6.45) is 3.39. The van der Waals surface area contributed by atoms with Crippen LogP contribution in [0, 0.1) is 6.92 Å². The van der Waals surface area contributed by atoms with Crippen molar-refractivity contribution in [2.24, 2.45) is 0 Å². The zero-order valence-electron chi connectivity index (χ0n) is 16.3. The van der Waals surface area contributed by atoms with Crippen molar-refractivity contribution in [3.05, 3.63) is 89.2 Å². The fourth-order valence-electron chi connectivity index (χ4n) is 4.03. The zero-order chi connectivity index (χ0) is 18.6. The largest absolute Gasteiger partial charge is 0.494 e. The molecular weight excluding hydrogens is 332 g/mol. The molecule has 0 aliphatic carbocycles. The van der Waals surface area contributed by atoms with E-state index in [4.69, 9.17) is 4.74 Å². The van der Waals surface area contributed by atoms with Gasteiger partial charge in [0, 0.05) is 31.5 Å². The molecule has 1 aliphatic heterocycles. The summed E-state index contributed by atoms with van der Waals surface area (Å²) >= 11 is 0. The van der Waals surface area contributed by atoms with E-state index in [0.717, 1.165) is 25.4 Å². The van der Waals surface area contributed by atoms with Crippen LogP contribution in [-0.2, 0) is 13.1 Å². The molecule has 0 radical (unpaired) electrons. The predicted molar refractivity (Wildman–Crippen MR) is 110 cm³/mol. The lowest BCUT2D eigenvalue weighted by Crippen LogP contribution is -2.29. The Bertz CT molecular complexity index is 864. The molecule has 0 spiro atoms. The Morgan fingerprint density at radius 1 is 0.963 bits per heavy atom. The van der Waals surface area contributed by atoms with Crippen LogP contribution in [0.5, 0.6) is 5.75 Å². The van der Waals surface area contributed by atoms with Gasteiger partial charge in [0.1, 0.15) is 5.75 Å². The Hall–Kier alpha value is -2.52. The van der Waals surface area contributed by atoms with Gasteiger partial charge in [0.15, 0.2) is 0 Å². The molecule has 1 aliphatic rings. The number of aromatic nitrogens is 1. The molecule has 2 heterocycles. The first-order valence-corrected chi connectivity index (χ1v) is 9.92. The summed E-state index contributed by atoms with van der Waals surface area (Å²) in [4.78, 5) is 2.61. The molecule has 1 atom stereocenters. The molecule has 0 bridgehead atoms. The number of nitrogens with zero attached hydrogens (tertiary/aromatic N) is 2. The van der Waals surface area contributed by atoms with Crippen LogP contribution in [0.3, 0.4) is 0 Å². The molecule has 0 N–H and O–H groups in total. The quantitative estimate of drug-likeness (QED) is 0.623. The van der Waals surface area contributed by atoms with Crippen molar-refractivity contribution in [2.45, 2.75) is 39.4 Å². The molecule has 2 aromatic carbocycles. The molecule has 3 aromatic rings. The summed E-state index contributed by atoms with van der Waals surface area (Å²) in [6.45, 7) is 8.00. The summed E-state index contributed by atoms with van der Waals surface area (Å²) in [5.41, 5.74) is 5.40. The molecule has 27 heavy (non-hydrogen) atoms. The molecule has 140 valence electrons. The SMILES string of the molecule is CCOc1ccc(CN2CCCn3cccc3[C@H]2c2ccc(C)cc2)cc1. The van der Waals surface area contributed by atoms with Gasteiger partial charge in [0.05, 0.1) is 12.6 Å². The second-order valence-corrected chi connectivity index (χ2v) is 7.34. The standard InChI is InChI=1S/C24H28N2O/c1-3-27-22-13-9-20(10-14-22)18-26-17-5-16-25-15-4-6-23(25)24(26)21-11-7-19(2)8-12-21/h4,6-15,24H,3,5,16-18H2,1-2H3/t24-/m1/s1. The summed E-state index contributed by atoms with van der Waals surface area (Å²) in [7, 11) is 0. The van der Waals surface area contributed by atoms with Crippen LogP contribution in [0.1, 0.15) is 41.8 Å². The molecule has 0 saturated carbocycles. The van der Waals surface area contributed by atoms with Gasteiger partial charge < -0.3 is 9.30 Å². The van der Waals surface area contributed by atoms with Gasteiger partial charge in [-0.05, 0) is 55.7 Å². The summed E-state index contributed by atoms with van der Waals surface area (Å²) in [5, 5.41) is 0. The predicted octanol–water partition coefficient (Wildman–Crippen LogP) is 5.19. The summed E-state index contributed by atoms with van der Waals surface area (Å²) < 4.78 is 8.01. The van der Waals surface area contributed by atoms with Crippen LogP contribution in [0.4, 0.5) is 0 Å². The van der Waals surface area contributed by atoms with Gasteiger partial charge >= 0.3 is 0 Å². The third kappa shape index (κ3) is 3.93. The van der Waals surface area contributed by atoms with Crippen molar-refractivity contribution in [3.8, 4) is 5.75 Å². The Balaban J connectivity index is 1.65. The number of hydrogen-bond donors (Lipinski definition) is 0. The second kappa shape index (κ2) is 8.01. The van der Waals surface area contributed by atoms with Gasteiger partial charge in [-0.3, -0.25) is 4.90 Å². The fourth-order valence-corrected chi connectivity index (χ4v) is 4.03. The molecule has 4 rings (SSSR count). The normalized spacial score (nSPS) is 17.3. The van der Waals surface area contributed by atoms with E-state index in [1.54, 1.807) is 0 Å². The van der Waals surface area contributed by atoms with E-state index in [0.29, 0.717) is 6.61 Å². The average Bonchev–Trinajstić information content (AvgIpc) is 3.06. The van der Waals surface area contributed by atoms with Crippen LogP contribution in [0.25, 0.3) is 0 Å². The van der Waals surface area contributed by atoms with E-state index in [2.05, 4.69) is 83.3 Å². The topological polar surface area (TPSA) is 17.4 Å². The molecule has 0 fully saturated rings. The lowest BCUT2D eigenvalue weighted by molar-refractivity contribution is 0.220. The first kappa shape index (κ1) is 17.9. The third-order valence-electron chi connectivity index (χ3n) is 5.37. The van der Waals surface area contributed by atoms with Crippen LogP contribution < -0.4 is 4.74 Å². The highest BCUT2D eigenvalue weighted by molar-refractivity contribution is 5.33. The van der Waals surface area contributed by atoms with Crippen LogP contribution in [0.15, 0.2) is 66.9 Å². The molecule has 0 unspecified atom stereocenters. The monoisotopic (exact) mass is 360 g/mol. The molecule has 0 saturated heterocycles. The number of ether oxygens (including phenoxy) is 1. The average molecular weight is 361 g/mol. The molecular formula is C24H28N2O. The van der Waals surface area contributed by atoms with Gasteiger partial charge in [0.2, 0.25) is 0 Å². The fraction of sp³-hybridized carbons (Fsp3) is 0.333. The maximum Gasteiger partial charge on any atom is 0.119 e. The van der Waals surface area contributed by atoms with Crippen LogP contribution in [-0.4, -0.2) is 22.6 Å². The van der Waals surface area contributed by atoms with E-state index >= 15 is 0 Å². The molecule has 0 amide bonds. The minimum Gasteiger partial charge on any atom is -0.494 e. The smallest absolute Gasteiger partial charge is 0.119 e. The summed E-state index contributed by atoms with van der Waals surface area (Å²) in [6, 6.07) is 22.3. The van der Waals surface area contributed by atoms with Gasteiger partial charge in [-0.15, -0.1) is 0 Å². The van der Waals surface area contributed by atoms with Gasteiger partial charge in [-0.1, -0.05) is 42.0 Å². The summed E-state index contributed by atoms with van der Waals surface area (Å²) in [5.74, 6) is 0.945. The van der Waals surface area contributed by atoms with Crippen molar-refractivity contribution >= 4 is 0 Å². The molecule has 1 aromatic heterocycles. The lowest BCUT2D eigenvalue weighted by atomic mass is 10.00. The van der Waals surface area contributed by atoms with E-state index < -0.39 is 0 Å². The van der Waals surface area contributed by atoms with E-state index in [1.165, 1.54) is 28.8 Å². The minimum atomic E-state index is 0.287. The van der Waals surface area contributed by atoms with Crippen molar-refractivity contribution in [2.75, 3.05) is 13.2 Å². The number of benzene rings is 2.